The van der Waals surface area contributed by atoms with Crippen molar-refractivity contribution in [3.05, 3.63) is 0 Å². The van der Waals surface area contributed by atoms with E-state index >= 15 is 0 Å². The molecule has 1 aliphatic heterocycles. The van der Waals surface area contributed by atoms with Gasteiger partial charge in [0.05, 0.1) is 0 Å². The van der Waals surface area contributed by atoms with Crippen molar-refractivity contribution in [2.24, 2.45) is 5.92 Å². The summed E-state index contributed by atoms with van der Waals surface area (Å²) in [5.41, 5.74) is 0. The third kappa shape index (κ3) is 2.86. The third-order valence-corrected chi connectivity index (χ3v) is 4.99. The van der Waals surface area contributed by atoms with Gasteiger partial charge in [-0.05, 0) is 31.6 Å². The van der Waals surface area contributed by atoms with Crippen molar-refractivity contribution < 1.29 is 4.79 Å². The third-order valence-electron chi connectivity index (χ3n) is 3.75. The minimum atomic E-state index is 0.291. The second-order valence-electron chi connectivity index (χ2n) is 4.75. The maximum absolute atomic E-state index is 12.0. The van der Waals surface area contributed by atoms with Crippen LogP contribution in [0.25, 0.3) is 0 Å². The fourth-order valence-corrected chi connectivity index (χ4v) is 4.08. The number of halogens is 1. The summed E-state index contributed by atoms with van der Waals surface area (Å²) in [6.07, 6.45) is 7.39. The highest BCUT2D eigenvalue weighted by Gasteiger charge is 2.37. The molecule has 1 aliphatic carbocycles. The summed E-state index contributed by atoms with van der Waals surface area (Å²) in [6, 6.07) is 0.560. The van der Waals surface area contributed by atoms with Crippen LogP contribution < -0.4 is 0 Å². The summed E-state index contributed by atoms with van der Waals surface area (Å²) in [6.45, 7) is 0.988. The van der Waals surface area contributed by atoms with Crippen LogP contribution in [0.15, 0.2) is 0 Å². The van der Waals surface area contributed by atoms with Crippen molar-refractivity contribution in [3.8, 4) is 0 Å². The molecular weight excluding hydrogens is 242 g/mol. The Morgan fingerprint density at radius 2 is 2.12 bits per heavy atom. The van der Waals surface area contributed by atoms with Crippen LogP contribution in [0.1, 0.15) is 38.5 Å². The molecule has 1 saturated carbocycles. The summed E-state index contributed by atoms with van der Waals surface area (Å²) in [5, 5.41) is 0.291. The van der Waals surface area contributed by atoms with Crippen molar-refractivity contribution >= 4 is 28.6 Å². The normalized spacial score (nSPS) is 29.2. The first-order valence-electron chi connectivity index (χ1n) is 6.32. The van der Waals surface area contributed by atoms with Gasteiger partial charge in [0.1, 0.15) is 0 Å². The second kappa shape index (κ2) is 6.15. The first-order chi connectivity index (χ1) is 7.83. The summed E-state index contributed by atoms with van der Waals surface area (Å²) in [4.78, 5) is 14.1. The summed E-state index contributed by atoms with van der Waals surface area (Å²) in [7, 11) is 0. The van der Waals surface area contributed by atoms with Gasteiger partial charge < -0.3 is 4.90 Å². The van der Waals surface area contributed by atoms with E-state index in [-0.39, 0.29) is 0 Å². The van der Waals surface area contributed by atoms with Crippen LogP contribution in [0.5, 0.6) is 0 Å². The molecule has 4 heteroatoms. The predicted molar refractivity (Wildman–Crippen MR) is 70.3 cm³/mol. The van der Waals surface area contributed by atoms with Crippen molar-refractivity contribution in [2.75, 3.05) is 18.2 Å². The van der Waals surface area contributed by atoms with E-state index in [1.54, 1.807) is 0 Å². The molecule has 0 spiro atoms. The van der Waals surface area contributed by atoms with Crippen molar-refractivity contribution in [3.63, 3.8) is 0 Å². The number of fused-ring (bicyclic) bond motifs is 1. The van der Waals surface area contributed by atoms with Gasteiger partial charge in [0.2, 0.25) is 0 Å². The van der Waals surface area contributed by atoms with Gasteiger partial charge in [-0.15, -0.1) is 11.6 Å². The molecule has 2 nitrogen and oxygen atoms in total. The van der Waals surface area contributed by atoms with Gasteiger partial charge >= 0.3 is 0 Å². The van der Waals surface area contributed by atoms with Crippen molar-refractivity contribution in [1.29, 1.82) is 0 Å². The number of carbonyl (C=O) groups excluding carboxylic acids is 1. The van der Waals surface area contributed by atoms with Gasteiger partial charge in [0.15, 0.2) is 0 Å². The number of hydrogen-bond donors (Lipinski definition) is 0. The van der Waals surface area contributed by atoms with E-state index in [1.807, 2.05) is 0 Å². The smallest absolute Gasteiger partial charge is 0.281 e. The summed E-state index contributed by atoms with van der Waals surface area (Å²) in [5.74, 6) is 2.33. The molecule has 0 radical (unpaired) electrons. The predicted octanol–water partition coefficient (Wildman–Crippen LogP) is 3.73. The summed E-state index contributed by atoms with van der Waals surface area (Å²) < 4.78 is 0. The first-order valence-corrected chi connectivity index (χ1v) is 7.84. The molecule has 1 amide bonds. The number of alkyl halides is 1. The van der Waals surface area contributed by atoms with E-state index in [2.05, 4.69) is 4.90 Å². The molecule has 0 aromatic carbocycles. The Morgan fingerprint density at radius 1 is 1.31 bits per heavy atom. The number of rotatable bonds is 3. The lowest BCUT2D eigenvalue weighted by Crippen LogP contribution is -2.37. The highest BCUT2D eigenvalue weighted by atomic mass is 35.5. The Balaban J connectivity index is 1.82. The van der Waals surface area contributed by atoms with Gasteiger partial charge in [-0.25, -0.2) is 0 Å². The Bertz CT molecular complexity index is 249. The number of hydrogen-bond acceptors (Lipinski definition) is 2. The van der Waals surface area contributed by atoms with Crippen LogP contribution in [-0.2, 0) is 0 Å². The molecule has 1 saturated heterocycles. The van der Waals surface area contributed by atoms with Crippen LogP contribution in [0.2, 0.25) is 0 Å². The molecule has 0 aromatic rings. The fraction of sp³-hybridized carbons (Fsp3) is 0.917. The van der Waals surface area contributed by atoms with Crippen molar-refractivity contribution in [1.82, 2.24) is 4.90 Å². The number of thioether (sulfide) groups is 1. The SMILES string of the molecule is O=C(SCCCCl)N1CCC2CCCCC21. The average Bonchev–Trinajstić information content (AvgIpc) is 2.73. The lowest BCUT2D eigenvalue weighted by Gasteiger charge is -2.31. The highest BCUT2D eigenvalue weighted by molar-refractivity contribution is 8.13. The standard InChI is InChI=1S/C12H20ClNOS/c13-7-3-9-16-12(15)14-8-6-10-4-1-2-5-11(10)14/h10-11H,1-9H2. The van der Waals surface area contributed by atoms with Gasteiger partial charge in [-0.1, -0.05) is 24.6 Å². The zero-order valence-corrected chi connectivity index (χ0v) is 11.2. The molecule has 2 atom stereocenters. The minimum absolute atomic E-state index is 0.291. The monoisotopic (exact) mass is 261 g/mol. The van der Waals surface area contributed by atoms with E-state index in [0.717, 1.165) is 24.6 Å². The van der Waals surface area contributed by atoms with E-state index < -0.39 is 0 Å². The molecule has 0 aromatic heterocycles. The first kappa shape index (κ1) is 12.6. The molecule has 2 unspecified atom stereocenters. The van der Waals surface area contributed by atoms with E-state index in [1.165, 1.54) is 43.9 Å². The molecule has 16 heavy (non-hydrogen) atoms. The lowest BCUT2D eigenvalue weighted by molar-refractivity contribution is 0.191. The minimum Gasteiger partial charge on any atom is -0.330 e. The lowest BCUT2D eigenvalue weighted by atomic mass is 9.85. The Hall–Kier alpha value is 0.110. The molecule has 2 aliphatic rings. The maximum atomic E-state index is 12.0. The Kier molecular flexibility index (Phi) is 4.83. The number of amides is 1. The van der Waals surface area contributed by atoms with Gasteiger partial charge in [-0.2, -0.15) is 0 Å². The van der Waals surface area contributed by atoms with E-state index in [9.17, 15) is 4.79 Å². The fourth-order valence-electron chi connectivity index (χ4n) is 2.93. The maximum Gasteiger partial charge on any atom is 0.281 e. The highest BCUT2D eigenvalue weighted by Crippen LogP contribution is 2.37. The van der Waals surface area contributed by atoms with Gasteiger partial charge in [-0.3, -0.25) is 4.79 Å². The van der Waals surface area contributed by atoms with Crippen LogP contribution >= 0.6 is 23.4 Å². The Morgan fingerprint density at radius 3 is 2.94 bits per heavy atom. The number of carbonyl (C=O) groups is 1. The van der Waals surface area contributed by atoms with Crippen LogP contribution in [0.4, 0.5) is 4.79 Å². The van der Waals surface area contributed by atoms with Crippen LogP contribution in [0, 0.1) is 5.92 Å². The van der Waals surface area contributed by atoms with E-state index in [0.29, 0.717) is 17.2 Å². The molecule has 2 rings (SSSR count). The molecule has 1 heterocycles. The summed E-state index contributed by atoms with van der Waals surface area (Å²) >= 11 is 7.07. The zero-order chi connectivity index (χ0) is 11.4. The van der Waals surface area contributed by atoms with Crippen molar-refractivity contribution in [2.45, 2.75) is 44.6 Å². The van der Waals surface area contributed by atoms with Gasteiger partial charge in [0, 0.05) is 24.2 Å². The quantitative estimate of drug-likeness (QED) is 0.570. The average molecular weight is 262 g/mol. The number of likely N-dealkylation sites (tertiary alicyclic amines) is 1. The van der Waals surface area contributed by atoms with E-state index in [4.69, 9.17) is 11.6 Å². The van der Waals surface area contributed by atoms with Crippen LogP contribution in [0.3, 0.4) is 0 Å². The molecule has 0 N–H and O–H groups in total. The van der Waals surface area contributed by atoms with Crippen LogP contribution in [-0.4, -0.2) is 34.4 Å². The topological polar surface area (TPSA) is 20.3 Å². The van der Waals surface area contributed by atoms with Gasteiger partial charge in [0.25, 0.3) is 5.24 Å². The molecule has 0 bridgehead atoms. The number of nitrogens with zero attached hydrogens (tertiary/aromatic N) is 1. The molecule has 2 fully saturated rings. The zero-order valence-electron chi connectivity index (χ0n) is 9.66. The Labute approximate surface area is 107 Å². The molecule has 92 valence electrons. The largest absolute Gasteiger partial charge is 0.330 e. The second-order valence-corrected chi connectivity index (χ2v) is 6.17. The molecular formula is C12H20ClNOS.